The smallest absolute Gasteiger partial charge is 0.0652 e. The Balaban J connectivity index is 0.00000109. The fraction of sp³-hybridized carbons (Fsp3) is 0. The van der Waals surface area contributed by atoms with E-state index in [1.807, 2.05) is 0 Å². The summed E-state index contributed by atoms with van der Waals surface area (Å²) in [5.74, 6) is 0. The van der Waals surface area contributed by atoms with Gasteiger partial charge in [0.2, 0.25) is 0 Å². The van der Waals surface area contributed by atoms with Crippen molar-refractivity contribution in [3.63, 3.8) is 0 Å². The van der Waals surface area contributed by atoms with E-state index in [1.165, 1.54) is 21.2 Å². The van der Waals surface area contributed by atoms with Gasteiger partial charge in [-0.2, -0.15) is 0 Å². The van der Waals surface area contributed by atoms with Gasteiger partial charge in [-0.1, -0.05) is 23.4 Å². The van der Waals surface area contributed by atoms with Gasteiger partial charge in [0.1, 0.15) is 0 Å². The van der Waals surface area contributed by atoms with Crippen LogP contribution in [0.5, 0.6) is 0 Å². The van der Waals surface area contributed by atoms with Crippen LogP contribution in [0, 0.1) is 0 Å². The van der Waals surface area contributed by atoms with Crippen molar-refractivity contribution in [2.24, 2.45) is 0 Å². The molecule has 0 aliphatic rings. The van der Waals surface area contributed by atoms with Gasteiger partial charge in [0.25, 0.3) is 0 Å². The van der Waals surface area contributed by atoms with Crippen molar-refractivity contribution in [2.75, 3.05) is 0 Å². The summed E-state index contributed by atoms with van der Waals surface area (Å²) < 4.78 is 0. The molecule has 0 saturated heterocycles. The summed E-state index contributed by atoms with van der Waals surface area (Å²) in [4.78, 5) is 0. The number of benzene rings is 4. The van der Waals surface area contributed by atoms with E-state index < -0.39 is 5.31 Å². The maximum absolute atomic E-state index is 4.46. The van der Waals surface area contributed by atoms with Crippen LogP contribution < -0.4 is 21.2 Å². The second kappa shape index (κ2) is 9.47. The molecule has 0 bridgehead atoms. The monoisotopic (exact) mass is 530 g/mol. The molecule has 4 aromatic rings. The molecule has 0 amide bonds. The van der Waals surface area contributed by atoms with Crippen molar-refractivity contribution in [3.05, 3.63) is 121 Å². The Kier molecular flexibility index (Phi) is 7.24. The maximum atomic E-state index is 4.46. The number of hydrogen-bond acceptors (Lipinski definition) is 0. The topological polar surface area (TPSA) is 0 Å². The number of rotatable bonds is 4. The van der Waals surface area contributed by atoms with Gasteiger partial charge in [-0.3, -0.25) is 0 Å². The Morgan fingerprint density at radius 3 is 0.750 bits per heavy atom. The van der Waals surface area contributed by atoms with E-state index >= 15 is 0 Å². The SMILES string of the molecule is BrP(c1ccccc1)(c1ccccc1)(c1ccccc1)c1ccccc1.PBr. The predicted molar refractivity (Wildman–Crippen MR) is 139 cm³/mol. The summed E-state index contributed by atoms with van der Waals surface area (Å²) in [5.41, 5.74) is 0. The largest absolute Gasteiger partial charge is 0.0679 e. The molecule has 28 heavy (non-hydrogen) atoms. The van der Waals surface area contributed by atoms with Gasteiger partial charge in [0.05, 0.1) is 0 Å². The molecule has 0 heterocycles. The van der Waals surface area contributed by atoms with Crippen LogP contribution in [0.3, 0.4) is 0 Å². The Hall–Kier alpha value is -1.30. The third-order valence-electron chi connectivity index (χ3n) is 4.96. The van der Waals surface area contributed by atoms with Gasteiger partial charge in [0, 0.05) is 0 Å². The van der Waals surface area contributed by atoms with Crippen molar-refractivity contribution in [3.8, 4) is 0 Å². The summed E-state index contributed by atoms with van der Waals surface area (Å²) in [5, 5.41) is 2.23. The summed E-state index contributed by atoms with van der Waals surface area (Å²) >= 11 is 7.31. The van der Waals surface area contributed by atoms with Gasteiger partial charge in [-0.05, 0) is 0 Å². The van der Waals surface area contributed by atoms with Crippen molar-refractivity contribution in [2.45, 2.75) is 0 Å². The van der Waals surface area contributed by atoms with Crippen LogP contribution in [0.1, 0.15) is 0 Å². The molecule has 0 radical (unpaired) electrons. The second-order valence-corrected chi connectivity index (χ2v) is 14.7. The first-order valence-electron chi connectivity index (χ1n) is 8.92. The van der Waals surface area contributed by atoms with Crippen LogP contribution in [-0.4, -0.2) is 0 Å². The van der Waals surface area contributed by atoms with Crippen LogP contribution in [0.15, 0.2) is 121 Å². The molecular weight excluding hydrogens is 510 g/mol. The molecule has 1 unspecified atom stereocenters. The number of hydrogen-bond donors (Lipinski definition) is 0. The Morgan fingerprint density at radius 2 is 0.571 bits per heavy atom. The predicted octanol–water partition coefficient (Wildman–Crippen LogP) is 6.32. The van der Waals surface area contributed by atoms with Gasteiger partial charge < -0.3 is 0 Å². The van der Waals surface area contributed by atoms with E-state index in [-0.39, 0.29) is 0 Å². The molecule has 0 spiro atoms. The van der Waals surface area contributed by atoms with Gasteiger partial charge >= 0.3 is 163 Å². The molecule has 0 nitrogen and oxygen atoms in total. The fourth-order valence-corrected chi connectivity index (χ4v) is 11.3. The molecule has 0 N–H and O–H groups in total. The molecule has 0 fully saturated rings. The summed E-state index contributed by atoms with van der Waals surface area (Å²) in [6.07, 6.45) is 0. The molecule has 4 aromatic carbocycles. The molecule has 4 heteroatoms. The minimum Gasteiger partial charge on any atom is -0.0679 e. The first kappa shape index (κ1) is 21.4. The molecule has 4 rings (SSSR count). The van der Waals surface area contributed by atoms with E-state index in [2.05, 4.69) is 160 Å². The van der Waals surface area contributed by atoms with E-state index in [9.17, 15) is 0 Å². The van der Waals surface area contributed by atoms with Crippen LogP contribution in [-0.2, 0) is 0 Å². The van der Waals surface area contributed by atoms with E-state index in [0.29, 0.717) is 0 Å². The quantitative estimate of drug-likeness (QED) is 0.270. The average molecular weight is 532 g/mol. The second-order valence-electron chi connectivity index (χ2n) is 6.35. The van der Waals surface area contributed by atoms with Crippen molar-refractivity contribution in [1.29, 1.82) is 0 Å². The first-order valence-corrected chi connectivity index (χ1v) is 16.4. The molecule has 0 aliphatic carbocycles. The Morgan fingerprint density at radius 1 is 0.393 bits per heavy atom. The molecule has 1 atom stereocenters. The normalized spacial score (nSPS) is 12.2. The van der Waals surface area contributed by atoms with Gasteiger partial charge in [0.15, 0.2) is 0 Å². The first-order chi connectivity index (χ1) is 13.7. The van der Waals surface area contributed by atoms with Crippen molar-refractivity contribution < 1.29 is 0 Å². The van der Waals surface area contributed by atoms with Crippen LogP contribution >= 0.6 is 44.2 Å². The van der Waals surface area contributed by atoms with Crippen LogP contribution in [0.4, 0.5) is 0 Å². The summed E-state index contributed by atoms with van der Waals surface area (Å²) in [6, 6.07) is 43.4. The van der Waals surface area contributed by atoms with Crippen molar-refractivity contribution in [1.82, 2.24) is 0 Å². The Bertz CT molecular complexity index is 822. The van der Waals surface area contributed by atoms with E-state index in [1.54, 1.807) is 0 Å². The maximum Gasteiger partial charge on any atom is -0.0652 e. The summed E-state index contributed by atoms with van der Waals surface area (Å²) in [6.45, 7) is 0. The molecular formula is C24H22Br2P2. The van der Waals surface area contributed by atoms with Gasteiger partial charge in [-0.25, -0.2) is 0 Å². The van der Waals surface area contributed by atoms with E-state index in [0.717, 1.165) is 0 Å². The molecule has 0 aromatic heterocycles. The fourth-order valence-electron chi connectivity index (χ4n) is 3.73. The van der Waals surface area contributed by atoms with Crippen LogP contribution in [0.25, 0.3) is 0 Å². The minimum atomic E-state index is -3.00. The zero-order chi connectivity index (χ0) is 19.9. The minimum absolute atomic E-state index is 1.31. The molecule has 0 saturated carbocycles. The molecule has 0 aliphatic heterocycles. The third kappa shape index (κ3) is 3.53. The average Bonchev–Trinajstić information content (AvgIpc) is 2.82. The van der Waals surface area contributed by atoms with Crippen molar-refractivity contribution >= 4 is 65.4 Å². The van der Waals surface area contributed by atoms with E-state index in [4.69, 9.17) is 0 Å². The standard InChI is InChI=1S/C24H20BrP.BrH2P/c25-26(21-13-5-1-6-14-21,22-15-7-2-8-16-22,23-17-9-3-10-18-23)24-19-11-4-12-20-24;1-2/h1-20H;2H2. The number of halogens is 2. The zero-order valence-electron chi connectivity index (χ0n) is 15.3. The third-order valence-corrected chi connectivity index (χ3v) is 15.0. The Labute approximate surface area is 186 Å². The summed E-state index contributed by atoms with van der Waals surface area (Å²) in [7, 11) is 2.23. The zero-order valence-corrected chi connectivity index (χ0v) is 20.5. The van der Waals surface area contributed by atoms with Crippen LogP contribution in [0.2, 0.25) is 0 Å². The molecule has 142 valence electrons. The van der Waals surface area contributed by atoms with Gasteiger partial charge in [-0.15, -0.1) is 0 Å².